The molecule has 5 nitrogen and oxygen atoms in total. The predicted octanol–water partition coefficient (Wildman–Crippen LogP) is 2.58. The quantitative estimate of drug-likeness (QED) is 0.909. The van der Waals surface area contributed by atoms with Gasteiger partial charge in [-0.25, -0.2) is 0 Å². The molecular weight excluding hydrogens is 345 g/mol. The van der Waals surface area contributed by atoms with Crippen LogP contribution in [0, 0.1) is 6.92 Å². The number of nitrogens with one attached hydrogen (secondary N) is 1. The van der Waals surface area contributed by atoms with E-state index in [0.717, 1.165) is 40.1 Å². The van der Waals surface area contributed by atoms with Crippen LogP contribution in [0.4, 0.5) is 13.2 Å². The first kappa shape index (κ1) is 17.3. The van der Waals surface area contributed by atoms with E-state index >= 15 is 0 Å². The topological polar surface area (TPSA) is 50.2 Å². The standard InChI is InChI=1S/C18H21F3N4O/c1-11-4-5-14-13(7-11)17(12-8-22-9-12)23-25(14)10-16(26)24-6-2-3-15(24)18(19,20)21/h4-5,7,12,15,22H,2-3,6,8-10H2,1H3/t15-/m0/s1. The lowest BCUT2D eigenvalue weighted by atomic mass is 9.96. The fraction of sp³-hybridized carbons (Fsp3) is 0.556. The van der Waals surface area contributed by atoms with E-state index in [4.69, 9.17) is 0 Å². The number of halogens is 3. The van der Waals surface area contributed by atoms with Crippen LogP contribution < -0.4 is 5.32 Å². The second-order valence-corrected chi connectivity index (χ2v) is 7.21. The van der Waals surface area contributed by atoms with E-state index in [1.165, 1.54) is 0 Å². The summed E-state index contributed by atoms with van der Waals surface area (Å²) in [4.78, 5) is 13.6. The third-order valence-electron chi connectivity index (χ3n) is 5.34. The van der Waals surface area contributed by atoms with E-state index in [9.17, 15) is 18.0 Å². The molecule has 2 fully saturated rings. The number of carbonyl (C=O) groups is 1. The molecule has 0 spiro atoms. The molecule has 1 aromatic heterocycles. The highest BCUT2D eigenvalue weighted by atomic mass is 19.4. The van der Waals surface area contributed by atoms with Gasteiger partial charge in [-0.1, -0.05) is 11.6 Å². The average Bonchev–Trinajstić information content (AvgIpc) is 3.11. The molecule has 1 atom stereocenters. The zero-order valence-corrected chi connectivity index (χ0v) is 14.5. The maximum atomic E-state index is 13.1. The number of likely N-dealkylation sites (tertiary alicyclic amines) is 1. The first-order valence-electron chi connectivity index (χ1n) is 8.88. The minimum Gasteiger partial charge on any atom is -0.329 e. The van der Waals surface area contributed by atoms with Gasteiger partial charge in [0.1, 0.15) is 12.6 Å². The number of nitrogens with zero attached hydrogens (tertiary/aromatic N) is 3. The van der Waals surface area contributed by atoms with Gasteiger partial charge in [-0.2, -0.15) is 18.3 Å². The fourth-order valence-corrected chi connectivity index (χ4v) is 3.85. The number of hydrogen-bond acceptors (Lipinski definition) is 3. The van der Waals surface area contributed by atoms with Crippen LogP contribution in [0.3, 0.4) is 0 Å². The van der Waals surface area contributed by atoms with E-state index in [2.05, 4.69) is 10.4 Å². The van der Waals surface area contributed by atoms with E-state index in [1.807, 2.05) is 25.1 Å². The third kappa shape index (κ3) is 2.96. The lowest BCUT2D eigenvalue weighted by Gasteiger charge is -2.27. The molecule has 8 heteroatoms. The summed E-state index contributed by atoms with van der Waals surface area (Å²) >= 11 is 0. The van der Waals surface area contributed by atoms with Gasteiger partial charge < -0.3 is 10.2 Å². The predicted molar refractivity (Wildman–Crippen MR) is 90.9 cm³/mol. The van der Waals surface area contributed by atoms with Crippen molar-refractivity contribution in [1.82, 2.24) is 20.0 Å². The molecule has 26 heavy (non-hydrogen) atoms. The van der Waals surface area contributed by atoms with E-state index in [1.54, 1.807) is 4.68 Å². The Hall–Kier alpha value is -2.09. The first-order chi connectivity index (χ1) is 12.3. The molecule has 2 aromatic rings. The van der Waals surface area contributed by atoms with Gasteiger partial charge in [-0.15, -0.1) is 0 Å². The number of amides is 1. The Labute approximate surface area is 149 Å². The van der Waals surface area contributed by atoms with Crippen LogP contribution in [-0.4, -0.2) is 52.4 Å². The third-order valence-corrected chi connectivity index (χ3v) is 5.34. The Bertz CT molecular complexity index is 841. The van der Waals surface area contributed by atoms with Crippen molar-refractivity contribution in [2.45, 2.75) is 44.4 Å². The molecular formula is C18H21F3N4O. The monoisotopic (exact) mass is 366 g/mol. The summed E-state index contributed by atoms with van der Waals surface area (Å²) in [5, 5.41) is 8.79. The number of benzene rings is 1. The highest BCUT2D eigenvalue weighted by molar-refractivity contribution is 5.85. The molecule has 0 bridgehead atoms. The van der Waals surface area contributed by atoms with Crippen molar-refractivity contribution in [1.29, 1.82) is 0 Å². The molecule has 140 valence electrons. The largest absolute Gasteiger partial charge is 0.408 e. The molecule has 1 amide bonds. The minimum atomic E-state index is -4.38. The number of hydrogen-bond donors (Lipinski definition) is 1. The molecule has 0 radical (unpaired) electrons. The van der Waals surface area contributed by atoms with Crippen molar-refractivity contribution >= 4 is 16.8 Å². The van der Waals surface area contributed by atoms with Crippen LogP contribution in [-0.2, 0) is 11.3 Å². The van der Waals surface area contributed by atoms with Crippen LogP contribution in [0.25, 0.3) is 10.9 Å². The molecule has 4 rings (SSSR count). The van der Waals surface area contributed by atoms with Crippen molar-refractivity contribution < 1.29 is 18.0 Å². The van der Waals surface area contributed by atoms with Crippen LogP contribution >= 0.6 is 0 Å². The van der Waals surface area contributed by atoms with Crippen molar-refractivity contribution in [2.24, 2.45) is 0 Å². The summed E-state index contributed by atoms with van der Waals surface area (Å²) in [5.74, 6) is -0.238. The Morgan fingerprint density at radius 1 is 1.35 bits per heavy atom. The van der Waals surface area contributed by atoms with Gasteiger partial charge in [0.05, 0.1) is 11.2 Å². The summed E-state index contributed by atoms with van der Waals surface area (Å²) in [5.41, 5.74) is 2.81. The molecule has 3 heterocycles. The first-order valence-corrected chi connectivity index (χ1v) is 8.88. The van der Waals surface area contributed by atoms with Gasteiger partial charge in [-0.3, -0.25) is 9.48 Å². The van der Waals surface area contributed by atoms with Crippen molar-refractivity contribution in [2.75, 3.05) is 19.6 Å². The van der Waals surface area contributed by atoms with Gasteiger partial charge in [0.2, 0.25) is 5.91 Å². The number of fused-ring (bicyclic) bond motifs is 1. The van der Waals surface area contributed by atoms with Crippen molar-refractivity contribution in [3.05, 3.63) is 29.5 Å². The highest BCUT2D eigenvalue weighted by Gasteiger charge is 2.47. The fourth-order valence-electron chi connectivity index (χ4n) is 3.85. The molecule has 2 saturated heterocycles. The molecule has 1 aromatic carbocycles. The molecule has 2 aliphatic heterocycles. The van der Waals surface area contributed by atoms with E-state index in [-0.39, 0.29) is 25.4 Å². The molecule has 0 aliphatic carbocycles. The molecule has 0 unspecified atom stereocenters. The number of aryl methyl sites for hydroxylation is 1. The van der Waals surface area contributed by atoms with E-state index in [0.29, 0.717) is 6.42 Å². The van der Waals surface area contributed by atoms with Crippen LogP contribution in [0.5, 0.6) is 0 Å². The Kier molecular flexibility index (Phi) is 4.17. The number of alkyl halides is 3. The molecule has 0 saturated carbocycles. The normalized spacial score (nSPS) is 21.4. The number of carbonyl (C=O) groups excluding carboxylic acids is 1. The van der Waals surface area contributed by atoms with Gasteiger partial charge in [0.15, 0.2) is 0 Å². The second-order valence-electron chi connectivity index (χ2n) is 7.21. The van der Waals surface area contributed by atoms with Crippen molar-refractivity contribution in [3.8, 4) is 0 Å². The summed E-state index contributed by atoms with van der Waals surface area (Å²) in [6.07, 6.45) is -4.01. The van der Waals surface area contributed by atoms with Crippen LogP contribution in [0.15, 0.2) is 18.2 Å². The lowest BCUT2D eigenvalue weighted by molar-refractivity contribution is -0.183. The van der Waals surface area contributed by atoms with Gasteiger partial charge in [0, 0.05) is 30.9 Å². The van der Waals surface area contributed by atoms with Crippen molar-refractivity contribution in [3.63, 3.8) is 0 Å². The molecule has 1 N–H and O–H groups in total. The summed E-state index contributed by atoms with van der Waals surface area (Å²) < 4.78 is 41.0. The SMILES string of the molecule is Cc1ccc2c(c1)c(C1CNC1)nn2CC(=O)N1CCC[C@H]1C(F)(F)F. The minimum absolute atomic E-state index is 0.0206. The maximum absolute atomic E-state index is 13.1. The Morgan fingerprint density at radius 2 is 2.12 bits per heavy atom. The smallest absolute Gasteiger partial charge is 0.329 e. The van der Waals surface area contributed by atoms with Crippen LogP contribution in [0.1, 0.15) is 30.0 Å². The van der Waals surface area contributed by atoms with Gasteiger partial charge >= 0.3 is 6.18 Å². The Balaban J connectivity index is 1.64. The number of rotatable bonds is 3. The summed E-state index contributed by atoms with van der Waals surface area (Å²) in [7, 11) is 0. The zero-order valence-electron chi connectivity index (χ0n) is 14.5. The van der Waals surface area contributed by atoms with Gasteiger partial charge in [-0.05, 0) is 31.9 Å². The summed E-state index contributed by atoms with van der Waals surface area (Å²) in [6, 6.07) is 4.19. The maximum Gasteiger partial charge on any atom is 0.408 e. The zero-order chi connectivity index (χ0) is 18.5. The second kappa shape index (κ2) is 6.26. The lowest BCUT2D eigenvalue weighted by Crippen LogP contribution is -2.45. The Morgan fingerprint density at radius 3 is 2.77 bits per heavy atom. The highest BCUT2D eigenvalue weighted by Crippen LogP contribution is 2.33. The van der Waals surface area contributed by atoms with E-state index < -0.39 is 18.1 Å². The number of aromatic nitrogens is 2. The molecule has 2 aliphatic rings. The summed E-state index contributed by atoms with van der Waals surface area (Å²) in [6.45, 7) is 3.64. The van der Waals surface area contributed by atoms with Crippen LogP contribution in [0.2, 0.25) is 0 Å². The van der Waals surface area contributed by atoms with Gasteiger partial charge in [0.25, 0.3) is 0 Å². The average molecular weight is 366 g/mol.